The van der Waals surface area contributed by atoms with Crippen LogP contribution < -0.4 is 14.8 Å². The number of hydrogen-bond donors (Lipinski definition) is 1. The SMILES string of the molecule is Fc1c2c(cc3c1OCCO3)NCC2. The molecule has 3 nitrogen and oxygen atoms in total. The Morgan fingerprint density at radius 3 is 3.07 bits per heavy atom. The van der Waals surface area contributed by atoms with Gasteiger partial charge in [0.1, 0.15) is 13.2 Å². The van der Waals surface area contributed by atoms with Crippen LogP contribution in [0.15, 0.2) is 6.07 Å². The van der Waals surface area contributed by atoms with Crippen molar-refractivity contribution < 1.29 is 13.9 Å². The third kappa shape index (κ3) is 0.967. The molecule has 2 aliphatic heterocycles. The van der Waals surface area contributed by atoms with Crippen LogP contribution in [0, 0.1) is 5.82 Å². The minimum atomic E-state index is -0.262. The average molecular weight is 195 g/mol. The summed E-state index contributed by atoms with van der Waals surface area (Å²) in [6, 6.07) is 1.82. The van der Waals surface area contributed by atoms with Crippen LogP contribution in [0.2, 0.25) is 0 Å². The van der Waals surface area contributed by atoms with E-state index in [2.05, 4.69) is 5.32 Å². The molecule has 1 aromatic rings. The molecular weight excluding hydrogens is 185 g/mol. The normalized spacial score (nSPS) is 17.5. The van der Waals surface area contributed by atoms with E-state index in [1.807, 2.05) is 6.07 Å². The topological polar surface area (TPSA) is 30.5 Å². The highest BCUT2D eigenvalue weighted by Gasteiger charge is 2.25. The van der Waals surface area contributed by atoms with E-state index in [9.17, 15) is 4.39 Å². The van der Waals surface area contributed by atoms with Crippen LogP contribution >= 0.6 is 0 Å². The second kappa shape index (κ2) is 2.77. The van der Waals surface area contributed by atoms with Crippen LogP contribution in [-0.2, 0) is 6.42 Å². The highest BCUT2D eigenvalue weighted by molar-refractivity contribution is 5.64. The first-order chi connectivity index (χ1) is 6.86. The minimum Gasteiger partial charge on any atom is -0.486 e. The predicted octanol–water partition coefficient (Wildman–Crippen LogP) is 1.56. The molecule has 0 aliphatic carbocycles. The summed E-state index contributed by atoms with van der Waals surface area (Å²) < 4.78 is 24.4. The zero-order valence-electron chi connectivity index (χ0n) is 7.60. The standard InChI is InChI=1S/C10H10FNO2/c11-9-6-1-2-12-7(6)5-8-10(9)14-4-3-13-8/h5,12H,1-4H2. The van der Waals surface area contributed by atoms with Crippen LogP contribution in [0.3, 0.4) is 0 Å². The first-order valence-corrected chi connectivity index (χ1v) is 4.71. The van der Waals surface area contributed by atoms with Crippen LogP contribution in [0.5, 0.6) is 11.5 Å². The van der Waals surface area contributed by atoms with Crippen molar-refractivity contribution in [2.45, 2.75) is 6.42 Å². The lowest BCUT2D eigenvalue weighted by Crippen LogP contribution is -2.16. The lowest BCUT2D eigenvalue weighted by Gasteiger charge is -2.20. The number of halogens is 1. The van der Waals surface area contributed by atoms with E-state index in [0.717, 1.165) is 18.7 Å². The lowest BCUT2D eigenvalue weighted by molar-refractivity contribution is 0.164. The zero-order valence-corrected chi connectivity index (χ0v) is 7.60. The van der Waals surface area contributed by atoms with Crippen molar-refractivity contribution in [2.24, 2.45) is 0 Å². The fourth-order valence-corrected chi connectivity index (χ4v) is 1.91. The van der Waals surface area contributed by atoms with Gasteiger partial charge in [-0.25, -0.2) is 4.39 Å². The Morgan fingerprint density at radius 1 is 1.29 bits per heavy atom. The Balaban J connectivity index is 2.20. The molecule has 0 atom stereocenters. The molecule has 2 heterocycles. The van der Waals surface area contributed by atoms with Gasteiger partial charge < -0.3 is 14.8 Å². The summed E-state index contributed by atoms with van der Waals surface area (Å²) in [5, 5.41) is 3.12. The van der Waals surface area contributed by atoms with Gasteiger partial charge in [-0.3, -0.25) is 0 Å². The molecule has 0 aromatic heterocycles. The van der Waals surface area contributed by atoms with Crippen molar-refractivity contribution in [3.8, 4) is 11.5 Å². The molecule has 0 bridgehead atoms. The maximum absolute atomic E-state index is 13.8. The summed E-state index contributed by atoms with van der Waals surface area (Å²) in [5.41, 5.74) is 1.56. The van der Waals surface area contributed by atoms with Crippen molar-refractivity contribution in [1.29, 1.82) is 0 Å². The third-order valence-corrected chi connectivity index (χ3v) is 2.57. The number of benzene rings is 1. The molecule has 0 saturated heterocycles. The monoisotopic (exact) mass is 195 g/mol. The van der Waals surface area contributed by atoms with Gasteiger partial charge in [-0.15, -0.1) is 0 Å². The molecule has 0 amide bonds. The van der Waals surface area contributed by atoms with Gasteiger partial charge in [-0.2, -0.15) is 0 Å². The van der Waals surface area contributed by atoms with Crippen molar-refractivity contribution in [1.82, 2.24) is 0 Å². The summed E-state index contributed by atoms with van der Waals surface area (Å²) in [7, 11) is 0. The van der Waals surface area contributed by atoms with Gasteiger partial charge in [-0.05, 0) is 6.42 Å². The van der Waals surface area contributed by atoms with Gasteiger partial charge in [0.2, 0.25) is 0 Å². The molecule has 1 aromatic carbocycles. The van der Waals surface area contributed by atoms with Gasteiger partial charge in [0.25, 0.3) is 0 Å². The fourth-order valence-electron chi connectivity index (χ4n) is 1.91. The summed E-state index contributed by atoms with van der Waals surface area (Å²) in [5.74, 6) is 0.530. The van der Waals surface area contributed by atoms with Crippen LogP contribution in [-0.4, -0.2) is 19.8 Å². The van der Waals surface area contributed by atoms with Crippen molar-refractivity contribution in [2.75, 3.05) is 25.1 Å². The molecule has 3 rings (SSSR count). The smallest absolute Gasteiger partial charge is 0.197 e. The molecule has 0 unspecified atom stereocenters. The molecule has 14 heavy (non-hydrogen) atoms. The van der Waals surface area contributed by atoms with Gasteiger partial charge in [0.05, 0.1) is 0 Å². The summed E-state index contributed by atoms with van der Waals surface area (Å²) >= 11 is 0. The first kappa shape index (κ1) is 7.91. The molecule has 0 spiro atoms. The predicted molar refractivity (Wildman–Crippen MR) is 49.6 cm³/mol. The Kier molecular flexibility index (Phi) is 1.56. The van der Waals surface area contributed by atoms with Gasteiger partial charge in [0, 0.05) is 23.9 Å². The number of hydrogen-bond acceptors (Lipinski definition) is 3. The van der Waals surface area contributed by atoms with E-state index >= 15 is 0 Å². The molecule has 4 heteroatoms. The molecular formula is C10H10FNO2. The average Bonchev–Trinajstić information content (AvgIpc) is 2.66. The number of anilines is 1. The zero-order chi connectivity index (χ0) is 9.54. The van der Waals surface area contributed by atoms with E-state index in [0.29, 0.717) is 24.5 Å². The van der Waals surface area contributed by atoms with Crippen LogP contribution in [0.4, 0.5) is 10.1 Å². The van der Waals surface area contributed by atoms with Crippen molar-refractivity contribution in [3.63, 3.8) is 0 Å². The summed E-state index contributed by atoms with van der Waals surface area (Å²) in [6.07, 6.45) is 0.720. The second-order valence-corrected chi connectivity index (χ2v) is 3.42. The van der Waals surface area contributed by atoms with E-state index in [1.54, 1.807) is 0 Å². The quantitative estimate of drug-likeness (QED) is 0.681. The van der Waals surface area contributed by atoms with Gasteiger partial charge in [-0.1, -0.05) is 0 Å². The number of fused-ring (bicyclic) bond motifs is 2. The van der Waals surface area contributed by atoms with E-state index in [-0.39, 0.29) is 11.6 Å². The Labute approximate surface area is 80.8 Å². The Hall–Kier alpha value is -1.45. The van der Waals surface area contributed by atoms with Crippen molar-refractivity contribution >= 4 is 5.69 Å². The molecule has 0 fully saturated rings. The second-order valence-electron chi connectivity index (χ2n) is 3.42. The first-order valence-electron chi connectivity index (χ1n) is 4.71. The number of rotatable bonds is 0. The summed E-state index contributed by atoms with van der Waals surface area (Å²) in [4.78, 5) is 0. The largest absolute Gasteiger partial charge is 0.486 e. The molecule has 74 valence electrons. The summed E-state index contributed by atoms with van der Waals surface area (Å²) in [6.45, 7) is 1.70. The maximum Gasteiger partial charge on any atom is 0.197 e. The molecule has 2 aliphatic rings. The van der Waals surface area contributed by atoms with Crippen molar-refractivity contribution in [3.05, 3.63) is 17.4 Å². The minimum absolute atomic E-state index is 0.262. The molecule has 1 N–H and O–H groups in total. The number of ether oxygens (including phenoxy) is 2. The Bertz CT molecular complexity index is 392. The van der Waals surface area contributed by atoms with Crippen LogP contribution in [0.1, 0.15) is 5.56 Å². The third-order valence-electron chi connectivity index (χ3n) is 2.57. The molecule has 0 saturated carbocycles. The van der Waals surface area contributed by atoms with Gasteiger partial charge in [0.15, 0.2) is 17.3 Å². The number of nitrogens with one attached hydrogen (secondary N) is 1. The fraction of sp³-hybridized carbons (Fsp3) is 0.400. The van der Waals surface area contributed by atoms with E-state index in [1.165, 1.54) is 0 Å². The van der Waals surface area contributed by atoms with E-state index < -0.39 is 0 Å². The molecule has 0 radical (unpaired) electrons. The van der Waals surface area contributed by atoms with Crippen LogP contribution in [0.25, 0.3) is 0 Å². The maximum atomic E-state index is 13.8. The van der Waals surface area contributed by atoms with Gasteiger partial charge >= 0.3 is 0 Å². The highest BCUT2D eigenvalue weighted by atomic mass is 19.1. The highest BCUT2D eigenvalue weighted by Crippen LogP contribution is 2.40. The lowest BCUT2D eigenvalue weighted by atomic mass is 10.1. The Morgan fingerprint density at radius 2 is 2.14 bits per heavy atom. The van der Waals surface area contributed by atoms with E-state index in [4.69, 9.17) is 9.47 Å².